The van der Waals surface area contributed by atoms with Gasteiger partial charge in [-0.2, -0.15) is 0 Å². The van der Waals surface area contributed by atoms with Gasteiger partial charge in [0.15, 0.2) is 0 Å². The van der Waals surface area contributed by atoms with Crippen LogP contribution in [-0.2, 0) is 4.79 Å². The largest absolute Gasteiger partial charge is 0.497 e. The van der Waals surface area contributed by atoms with Crippen molar-refractivity contribution in [2.45, 2.75) is 25.3 Å². The number of amides is 1. The highest BCUT2D eigenvalue weighted by molar-refractivity contribution is 6.31. The molecule has 0 bridgehead atoms. The predicted molar refractivity (Wildman–Crippen MR) is 107 cm³/mol. The fourth-order valence-corrected chi connectivity index (χ4v) is 4.53. The number of nitrogens with one attached hydrogen (secondary N) is 2. The van der Waals surface area contributed by atoms with Gasteiger partial charge in [-0.3, -0.25) is 4.79 Å². The molecule has 2 atom stereocenters. The molecule has 142 valence electrons. The highest BCUT2D eigenvalue weighted by Crippen LogP contribution is 2.58. The summed E-state index contributed by atoms with van der Waals surface area (Å²) in [6.45, 7) is 2.02. The lowest BCUT2D eigenvalue weighted by Gasteiger charge is -2.25. The number of hydrogen-bond acceptors (Lipinski definition) is 3. The summed E-state index contributed by atoms with van der Waals surface area (Å²) in [7, 11) is 1.65. The quantitative estimate of drug-likeness (QED) is 0.820. The third kappa shape index (κ3) is 3.69. The molecule has 0 radical (unpaired) electrons. The summed E-state index contributed by atoms with van der Waals surface area (Å²) in [5, 5.41) is 7.32. The Balaban J connectivity index is 1.58. The van der Waals surface area contributed by atoms with Gasteiger partial charge in [0.05, 0.1) is 13.2 Å². The van der Waals surface area contributed by atoms with E-state index in [1.807, 2.05) is 48.5 Å². The van der Waals surface area contributed by atoms with E-state index in [-0.39, 0.29) is 23.3 Å². The maximum absolute atomic E-state index is 13.1. The molecule has 2 aromatic rings. The minimum absolute atomic E-state index is 0.114. The number of methoxy groups -OCH3 is 1. The first-order valence-corrected chi connectivity index (χ1v) is 9.90. The van der Waals surface area contributed by atoms with E-state index in [2.05, 4.69) is 10.6 Å². The number of carbonyl (C=O) groups is 1. The van der Waals surface area contributed by atoms with Crippen molar-refractivity contribution >= 4 is 17.5 Å². The molecule has 1 saturated heterocycles. The van der Waals surface area contributed by atoms with Gasteiger partial charge < -0.3 is 15.4 Å². The van der Waals surface area contributed by atoms with Crippen LogP contribution in [0.2, 0.25) is 5.02 Å². The molecule has 2 fully saturated rings. The van der Waals surface area contributed by atoms with Gasteiger partial charge in [0.25, 0.3) is 0 Å². The normalized spacial score (nSPS) is 21.5. The second kappa shape index (κ2) is 7.53. The van der Waals surface area contributed by atoms with Gasteiger partial charge in [-0.1, -0.05) is 41.9 Å². The van der Waals surface area contributed by atoms with Crippen molar-refractivity contribution < 1.29 is 9.53 Å². The van der Waals surface area contributed by atoms with Crippen molar-refractivity contribution in [2.75, 3.05) is 20.2 Å². The summed E-state index contributed by atoms with van der Waals surface area (Å²) < 4.78 is 5.26. The lowest BCUT2D eigenvalue weighted by molar-refractivity contribution is -0.123. The molecule has 2 unspecified atom stereocenters. The van der Waals surface area contributed by atoms with E-state index in [1.165, 1.54) is 0 Å². The number of carbonyl (C=O) groups excluding carboxylic acids is 1. The fourth-order valence-electron chi connectivity index (χ4n) is 4.28. The molecule has 5 heteroatoms. The highest BCUT2D eigenvalue weighted by Gasteiger charge is 2.57. The van der Waals surface area contributed by atoms with Gasteiger partial charge in [-0.05, 0) is 67.1 Å². The van der Waals surface area contributed by atoms with Crippen LogP contribution in [0.1, 0.15) is 36.4 Å². The van der Waals surface area contributed by atoms with E-state index in [4.69, 9.17) is 16.3 Å². The Morgan fingerprint density at radius 2 is 1.89 bits per heavy atom. The molecule has 2 aliphatic rings. The Morgan fingerprint density at radius 1 is 1.19 bits per heavy atom. The van der Waals surface area contributed by atoms with Crippen molar-refractivity contribution in [3.05, 3.63) is 64.7 Å². The summed E-state index contributed by atoms with van der Waals surface area (Å²) in [5.41, 5.74) is 2.12. The van der Waals surface area contributed by atoms with Gasteiger partial charge >= 0.3 is 0 Å². The molecule has 27 heavy (non-hydrogen) atoms. The van der Waals surface area contributed by atoms with Crippen LogP contribution in [0.4, 0.5) is 0 Å². The molecule has 4 rings (SSSR count). The summed E-state index contributed by atoms with van der Waals surface area (Å²) in [6, 6.07) is 15.2. The Hall–Kier alpha value is -2.04. The van der Waals surface area contributed by atoms with Crippen LogP contribution in [0.25, 0.3) is 0 Å². The zero-order valence-corrected chi connectivity index (χ0v) is 16.3. The molecule has 1 heterocycles. The van der Waals surface area contributed by atoms with Crippen LogP contribution in [0.15, 0.2) is 48.5 Å². The van der Waals surface area contributed by atoms with E-state index >= 15 is 0 Å². The van der Waals surface area contributed by atoms with Crippen molar-refractivity contribution in [1.82, 2.24) is 10.6 Å². The third-order valence-corrected chi connectivity index (χ3v) is 6.40. The highest BCUT2D eigenvalue weighted by atomic mass is 35.5. The molecule has 1 amide bonds. The zero-order valence-electron chi connectivity index (χ0n) is 15.5. The smallest absolute Gasteiger partial charge is 0.224 e. The Morgan fingerprint density at radius 3 is 2.56 bits per heavy atom. The molecule has 2 aromatic carbocycles. The van der Waals surface area contributed by atoms with Crippen LogP contribution < -0.4 is 15.4 Å². The van der Waals surface area contributed by atoms with Gasteiger partial charge in [0.1, 0.15) is 5.75 Å². The van der Waals surface area contributed by atoms with Gasteiger partial charge in [-0.15, -0.1) is 0 Å². The van der Waals surface area contributed by atoms with E-state index in [9.17, 15) is 4.79 Å². The van der Waals surface area contributed by atoms with Crippen molar-refractivity contribution in [1.29, 1.82) is 0 Å². The van der Waals surface area contributed by atoms with Crippen molar-refractivity contribution in [3.63, 3.8) is 0 Å². The van der Waals surface area contributed by atoms with E-state index in [1.54, 1.807) is 7.11 Å². The summed E-state index contributed by atoms with van der Waals surface area (Å²) in [4.78, 5) is 13.1. The number of hydrogen-bond donors (Lipinski definition) is 2. The maximum atomic E-state index is 13.1. The number of benzene rings is 2. The SMILES string of the molecule is COc1ccc(C(NC(=O)C2CC23CCNCC3)c2ccccc2Cl)cc1. The Kier molecular flexibility index (Phi) is 5.11. The molecule has 1 spiro atoms. The first kappa shape index (κ1) is 18.3. The number of halogens is 1. The van der Waals surface area contributed by atoms with Crippen molar-refractivity contribution in [2.24, 2.45) is 11.3 Å². The summed E-state index contributed by atoms with van der Waals surface area (Å²) >= 11 is 6.46. The number of piperidine rings is 1. The fraction of sp³-hybridized carbons (Fsp3) is 0.409. The van der Waals surface area contributed by atoms with Crippen LogP contribution in [-0.4, -0.2) is 26.1 Å². The number of ether oxygens (including phenoxy) is 1. The van der Waals surface area contributed by atoms with Gasteiger partial charge in [0, 0.05) is 10.9 Å². The van der Waals surface area contributed by atoms with Crippen LogP contribution in [0.5, 0.6) is 5.75 Å². The monoisotopic (exact) mass is 384 g/mol. The molecule has 1 saturated carbocycles. The molecule has 2 N–H and O–H groups in total. The van der Waals surface area contributed by atoms with Crippen LogP contribution in [0, 0.1) is 11.3 Å². The van der Waals surface area contributed by atoms with Gasteiger partial charge in [-0.25, -0.2) is 0 Å². The molecule has 1 aliphatic heterocycles. The maximum Gasteiger partial charge on any atom is 0.224 e. The van der Waals surface area contributed by atoms with E-state index in [0.29, 0.717) is 5.02 Å². The lowest BCUT2D eigenvalue weighted by Crippen LogP contribution is -2.35. The van der Waals surface area contributed by atoms with Gasteiger partial charge in [0.2, 0.25) is 5.91 Å². The first-order chi connectivity index (χ1) is 13.1. The minimum Gasteiger partial charge on any atom is -0.497 e. The zero-order chi connectivity index (χ0) is 18.9. The topological polar surface area (TPSA) is 50.4 Å². The summed E-state index contributed by atoms with van der Waals surface area (Å²) in [6.07, 6.45) is 3.17. The first-order valence-electron chi connectivity index (χ1n) is 9.52. The van der Waals surface area contributed by atoms with E-state index < -0.39 is 0 Å². The summed E-state index contributed by atoms with van der Waals surface area (Å²) in [5.74, 6) is 1.04. The molecule has 0 aromatic heterocycles. The Labute approximate surface area is 165 Å². The lowest BCUT2D eigenvalue weighted by atomic mass is 9.91. The third-order valence-electron chi connectivity index (χ3n) is 6.06. The van der Waals surface area contributed by atoms with Crippen LogP contribution in [0.3, 0.4) is 0 Å². The van der Waals surface area contributed by atoms with Crippen LogP contribution >= 0.6 is 11.6 Å². The average molecular weight is 385 g/mol. The predicted octanol–water partition coefficient (Wildman–Crippen LogP) is 3.94. The minimum atomic E-state index is -0.267. The Bertz CT molecular complexity index is 815. The molecule has 4 nitrogen and oxygen atoms in total. The average Bonchev–Trinajstić information content (AvgIpc) is 3.40. The second-order valence-corrected chi connectivity index (χ2v) is 8.01. The van der Waals surface area contributed by atoms with E-state index in [0.717, 1.165) is 49.2 Å². The molecular formula is C22H25ClN2O2. The molecular weight excluding hydrogens is 360 g/mol. The number of rotatable bonds is 5. The standard InChI is InChI=1S/C22H25ClN2O2/c1-27-16-8-6-15(7-9-16)20(17-4-2-3-5-19(17)23)25-21(26)18-14-22(18)10-12-24-13-11-22/h2-9,18,20,24H,10-14H2,1H3,(H,25,26). The van der Waals surface area contributed by atoms with Crippen molar-refractivity contribution in [3.8, 4) is 5.75 Å². The molecule has 1 aliphatic carbocycles. The second-order valence-electron chi connectivity index (χ2n) is 7.61.